The molecule has 0 bridgehead atoms. The molecule has 2 aromatic carbocycles. The van der Waals surface area contributed by atoms with Crippen LogP contribution in [0.25, 0.3) is 0 Å². The predicted molar refractivity (Wildman–Crippen MR) is 97.9 cm³/mol. The third-order valence-corrected chi connectivity index (χ3v) is 3.53. The summed E-state index contributed by atoms with van der Waals surface area (Å²) in [5.74, 6) is 6.00. The zero-order valence-corrected chi connectivity index (χ0v) is 14.4. The van der Waals surface area contributed by atoms with Gasteiger partial charge in [0.2, 0.25) is 0 Å². The van der Waals surface area contributed by atoms with Crippen molar-refractivity contribution in [3.05, 3.63) is 59.7 Å². The van der Waals surface area contributed by atoms with Crippen molar-refractivity contribution in [1.29, 1.82) is 0 Å². The van der Waals surface area contributed by atoms with Crippen molar-refractivity contribution in [2.24, 2.45) is 10.9 Å². The average Bonchev–Trinajstić information content (AvgIpc) is 2.62. The standard InChI is InChI=1S/C19H23N3O3/c1-3-24-18-11-15(12-21-20)9-10-17(18)25-13-19(23)22-14(2)16-7-5-4-6-8-16/h4-12,14H,3,13,20H2,1-2H3,(H,22,23). The van der Waals surface area contributed by atoms with Crippen LogP contribution in [0.1, 0.15) is 31.0 Å². The molecule has 1 atom stereocenters. The summed E-state index contributed by atoms with van der Waals surface area (Å²) >= 11 is 0. The lowest BCUT2D eigenvalue weighted by atomic mass is 10.1. The number of carbonyl (C=O) groups excluding carboxylic acids is 1. The third kappa shape index (κ3) is 5.53. The van der Waals surface area contributed by atoms with Gasteiger partial charge in [0.05, 0.1) is 18.9 Å². The molecule has 1 unspecified atom stereocenters. The van der Waals surface area contributed by atoms with Crippen molar-refractivity contribution in [1.82, 2.24) is 5.32 Å². The summed E-state index contributed by atoms with van der Waals surface area (Å²) in [5.41, 5.74) is 1.83. The molecule has 1 amide bonds. The smallest absolute Gasteiger partial charge is 0.258 e. The number of hydrogen-bond acceptors (Lipinski definition) is 5. The van der Waals surface area contributed by atoms with Gasteiger partial charge in [-0.2, -0.15) is 5.10 Å². The first-order valence-electron chi connectivity index (χ1n) is 8.11. The zero-order chi connectivity index (χ0) is 18.1. The second-order valence-electron chi connectivity index (χ2n) is 5.41. The van der Waals surface area contributed by atoms with E-state index in [2.05, 4.69) is 10.4 Å². The number of rotatable bonds is 8. The molecule has 2 aromatic rings. The van der Waals surface area contributed by atoms with Crippen molar-refractivity contribution in [2.45, 2.75) is 19.9 Å². The Morgan fingerprint density at radius 1 is 1.20 bits per heavy atom. The molecule has 2 rings (SSSR count). The van der Waals surface area contributed by atoms with E-state index in [-0.39, 0.29) is 18.6 Å². The van der Waals surface area contributed by atoms with E-state index < -0.39 is 0 Å². The van der Waals surface area contributed by atoms with Gasteiger partial charge in [-0.1, -0.05) is 30.3 Å². The van der Waals surface area contributed by atoms with Crippen LogP contribution in [-0.2, 0) is 4.79 Å². The summed E-state index contributed by atoms with van der Waals surface area (Å²) in [6, 6.07) is 15.0. The summed E-state index contributed by atoms with van der Waals surface area (Å²) < 4.78 is 11.2. The van der Waals surface area contributed by atoms with Crippen molar-refractivity contribution in [3.8, 4) is 11.5 Å². The minimum atomic E-state index is -0.202. The zero-order valence-electron chi connectivity index (χ0n) is 14.4. The Hall–Kier alpha value is -3.02. The maximum absolute atomic E-state index is 12.1. The lowest BCUT2D eigenvalue weighted by Gasteiger charge is -2.16. The molecule has 0 saturated heterocycles. The van der Waals surface area contributed by atoms with Crippen molar-refractivity contribution >= 4 is 12.1 Å². The molecule has 3 N–H and O–H groups in total. The number of hydrazone groups is 1. The quantitative estimate of drug-likeness (QED) is 0.439. The van der Waals surface area contributed by atoms with Gasteiger partial charge < -0.3 is 20.6 Å². The number of amides is 1. The number of hydrogen-bond donors (Lipinski definition) is 2. The molecule has 25 heavy (non-hydrogen) atoms. The Balaban J connectivity index is 1.96. The van der Waals surface area contributed by atoms with Crippen LogP contribution in [0.5, 0.6) is 11.5 Å². The summed E-state index contributed by atoms with van der Waals surface area (Å²) in [5, 5.41) is 6.39. The van der Waals surface area contributed by atoms with E-state index in [1.54, 1.807) is 18.2 Å². The molecule has 132 valence electrons. The van der Waals surface area contributed by atoms with Crippen molar-refractivity contribution in [2.75, 3.05) is 13.2 Å². The Labute approximate surface area is 147 Å². The van der Waals surface area contributed by atoms with Crippen LogP contribution < -0.4 is 20.6 Å². The molecule has 0 saturated carbocycles. The Bertz CT molecular complexity index is 717. The van der Waals surface area contributed by atoms with Crippen LogP contribution in [0.15, 0.2) is 53.6 Å². The maximum atomic E-state index is 12.1. The molecule has 0 fully saturated rings. The number of nitrogens with two attached hydrogens (primary N) is 1. The Morgan fingerprint density at radius 2 is 1.96 bits per heavy atom. The van der Waals surface area contributed by atoms with E-state index in [0.29, 0.717) is 18.1 Å². The highest BCUT2D eigenvalue weighted by Gasteiger charge is 2.12. The molecule has 6 nitrogen and oxygen atoms in total. The van der Waals surface area contributed by atoms with E-state index in [0.717, 1.165) is 11.1 Å². The molecule has 0 aliphatic carbocycles. The topological polar surface area (TPSA) is 85.9 Å². The van der Waals surface area contributed by atoms with Gasteiger partial charge in [-0.3, -0.25) is 4.79 Å². The van der Waals surface area contributed by atoms with Crippen LogP contribution in [0.2, 0.25) is 0 Å². The van der Waals surface area contributed by atoms with Gasteiger partial charge in [-0.05, 0) is 43.2 Å². The number of ether oxygens (including phenoxy) is 2. The van der Waals surface area contributed by atoms with Crippen LogP contribution >= 0.6 is 0 Å². The number of carbonyl (C=O) groups is 1. The molecule has 6 heteroatoms. The van der Waals surface area contributed by atoms with Crippen molar-refractivity contribution in [3.63, 3.8) is 0 Å². The van der Waals surface area contributed by atoms with Crippen LogP contribution in [0.4, 0.5) is 0 Å². The minimum absolute atomic E-state index is 0.0909. The molecular weight excluding hydrogens is 318 g/mol. The van der Waals surface area contributed by atoms with E-state index in [1.165, 1.54) is 6.21 Å². The molecule has 0 heterocycles. The normalized spacial score (nSPS) is 11.9. The summed E-state index contributed by atoms with van der Waals surface area (Å²) in [7, 11) is 0. The van der Waals surface area contributed by atoms with Gasteiger partial charge in [-0.25, -0.2) is 0 Å². The number of nitrogens with zero attached hydrogens (tertiary/aromatic N) is 1. The monoisotopic (exact) mass is 341 g/mol. The Kier molecular flexibility index (Phi) is 6.83. The first-order chi connectivity index (χ1) is 12.1. The lowest BCUT2D eigenvalue weighted by molar-refractivity contribution is -0.123. The SMILES string of the molecule is CCOc1cc(C=NN)ccc1OCC(=O)NC(C)c1ccccc1. The van der Waals surface area contributed by atoms with Crippen molar-refractivity contribution < 1.29 is 14.3 Å². The van der Waals surface area contributed by atoms with Gasteiger partial charge in [0, 0.05) is 0 Å². The second kappa shape index (κ2) is 9.32. The van der Waals surface area contributed by atoms with E-state index >= 15 is 0 Å². The highest BCUT2D eigenvalue weighted by molar-refractivity contribution is 5.81. The van der Waals surface area contributed by atoms with Gasteiger partial charge >= 0.3 is 0 Å². The predicted octanol–water partition coefficient (Wildman–Crippen LogP) is 2.63. The molecule has 0 radical (unpaired) electrons. The van der Waals surface area contributed by atoms with Gasteiger partial charge in [0.1, 0.15) is 0 Å². The van der Waals surface area contributed by atoms with E-state index in [9.17, 15) is 4.79 Å². The molecule has 0 aromatic heterocycles. The molecule has 0 spiro atoms. The fourth-order valence-corrected chi connectivity index (χ4v) is 2.33. The van der Waals surface area contributed by atoms with Crippen LogP contribution in [0, 0.1) is 0 Å². The molecule has 0 aliphatic rings. The van der Waals surface area contributed by atoms with E-state index in [1.807, 2.05) is 44.2 Å². The number of nitrogens with one attached hydrogen (secondary N) is 1. The fourth-order valence-electron chi connectivity index (χ4n) is 2.33. The highest BCUT2D eigenvalue weighted by atomic mass is 16.5. The van der Waals surface area contributed by atoms with Gasteiger partial charge in [-0.15, -0.1) is 0 Å². The van der Waals surface area contributed by atoms with Gasteiger partial charge in [0.15, 0.2) is 18.1 Å². The Morgan fingerprint density at radius 3 is 2.64 bits per heavy atom. The number of benzene rings is 2. The molecular formula is C19H23N3O3. The summed E-state index contributed by atoms with van der Waals surface area (Å²) in [6.07, 6.45) is 1.51. The molecule has 0 aliphatic heterocycles. The van der Waals surface area contributed by atoms with Crippen LogP contribution in [-0.4, -0.2) is 25.3 Å². The van der Waals surface area contributed by atoms with E-state index in [4.69, 9.17) is 15.3 Å². The summed E-state index contributed by atoms with van der Waals surface area (Å²) in [6.45, 7) is 4.19. The summed E-state index contributed by atoms with van der Waals surface area (Å²) in [4.78, 5) is 12.1. The fraction of sp³-hybridized carbons (Fsp3) is 0.263. The lowest BCUT2D eigenvalue weighted by Crippen LogP contribution is -2.31. The third-order valence-electron chi connectivity index (χ3n) is 3.53. The first-order valence-corrected chi connectivity index (χ1v) is 8.11. The minimum Gasteiger partial charge on any atom is -0.490 e. The van der Waals surface area contributed by atoms with Crippen LogP contribution in [0.3, 0.4) is 0 Å². The average molecular weight is 341 g/mol. The van der Waals surface area contributed by atoms with Gasteiger partial charge in [0.25, 0.3) is 5.91 Å². The largest absolute Gasteiger partial charge is 0.490 e. The highest BCUT2D eigenvalue weighted by Crippen LogP contribution is 2.28. The first kappa shape index (κ1) is 18.3. The maximum Gasteiger partial charge on any atom is 0.258 e. The second-order valence-corrected chi connectivity index (χ2v) is 5.41.